The second-order valence-corrected chi connectivity index (χ2v) is 6.59. The van der Waals surface area contributed by atoms with E-state index in [9.17, 15) is 18.8 Å². The number of ketones is 1. The van der Waals surface area contributed by atoms with Gasteiger partial charge in [0.1, 0.15) is 6.61 Å². The maximum Gasteiger partial charge on any atom is 0.261 e. The van der Waals surface area contributed by atoms with Crippen molar-refractivity contribution in [2.45, 2.75) is 31.9 Å². The largest absolute Gasteiger partial charge is 0.486 e. The fourth-order valence-electron chi connectivity index (χ4n) is 3.84. The molecule has 0 N–H and O–H groups in total. The van der Waals surface area contributed by atoms with E-state index in [0.29, 0.717) is 36.2 Å². The molecule has 6 nitrogen and oxygen atoms in total. The number of halogens is 1. The van der Waals surface area contributed by atoms with Crippen molar-refractivity contribution in [1.29, 1.82) is 0 Å². The molecule has 134 valence electrons. The predicted octanol–water partition coefficient (Wildman–Crippen LogP) is 1.21. The average molecular weight is 356 g/mol. The number of amides is 2. The van der Waals surface area contributed by atoms with Gasteiger partial charge in [0.15, 0.2) is 5.76 Å². The van der Waals surface area contributed by atoms with Crippen molar-refractivity contribution in [2.24, 2.45) is 0 Å². The van der Waals surface area contributed by atoms with Crippen LogP contribution in [-0.4, -0.2) is 53.3 Å². The smallest absolute Gasteiger partial charge is 0.261 e. The summed E-state index contributed by atoms with van der Waals surface area (Å²) in [7, 11) is 0. The molecule has 1 unspecified atom stereocenters. The van der Waals surface area contributed by atoms with Gasteiger partial charge in [0, 0.05) is 11.1 Å². The highest BCUT2D eigenvalue weighted by molar-refractivity contribution is 6.21. The topological polar surface area (TPSA) is 66.9 Å². The summed E-state index contributed by atoms with van der Waals surface area (Å²) < 4.78 is 20.2. The highest BCUT2D eigenvalue weighted by Gasteiger charge is 2.47. The van der Waals surface area contributed by atoms with Crippen molar-refractivity contribution in [3.05, 3.63) is 34.4 Å². The Hall–Kier alpha value is -2.88. The zero-order valence-corrected chi connectivity index (χ0v) is 14.1. The normalized spacial score (nSPS) is 25.8. The van der Waals surface area contributed by atoms with Crippen molar-refractivity contribution < 1.29 is 23.5 Å². The zero-order valence-electron chi connectivity index (χ0n) is 14.1. The van der Waals surface area contributed by atoms with Crippen LogP contribution in [0.5, 0.6) is 0 Å². The van der Waals surface area contributed by atoms with E-state index in [-0.39, 0.29) is 24.6 Å². The number of nitrogens with zero attached hydrogens (tertiary/aromatic N) is 2. The second kappa shape index (κ2) is 6.13. The molecule has 4 rings (SSSR count). The summed E-state index contributed by atoms with van der Waals surface area (Å²) in [5.74, 6) is 0.467. The zero-order chi connectivity index (χ0) is 18.4. The third kappa shape index (κ3) is 2.29. The lowest BCUT2D eigenvalue weighted by atomic mass is 9.93. The molecule has 0 fully saturated rings. The van der Waals surface area contributed by atoms with Crippen LogP contribution in [0.2, 0.25) is 0 Å². The van der Waals surface area contributed by atoms with Crippen molar-refractivity contribution in [2.75, 3.05) is 19.7 Å². The number of hydrogen-bond acceptors (Lipinski definition) is 5. The van der Waals surface area contributed by atoms with E-state index >= 15 is 0 Å². The monoisotopic (exact) mass is 356 g/mol. The van der Waals surface area contributed by atoms with Gasteiger partial charge >= 0.3 is 0 Å². The Balaban J connectivity index is 1.76. The first-order valence-corrected chi connectivity index (χ1v) is 8.60. The molecule has 26 heavy (non-hydrogen) atoms. The van der Waals surface area contributed by atoms with Crippen LogP contribution < -0.4 is 0 Å². The van der Waals surface area contributed by atoms with Crippen molar-refractivity contribution >= 4 is 17.6 Å². The molecule has 1 atom stereocenters. The van der Waals surface area contributed by atoms with Gasteiger partial charge in [0.2, 0.25) is 12.0 Å². The van der Waals surface area contributed by atoms with Gasteiger partial charge in [-0.2, -0.15) is 0 Å². The van der Waals surface area contributed by atoms with Crippen LogP contribution in [0.1, 0.15) is 25.7 Å². The molecule has 0 spiro atoms. The summed E-state index contributed by atoms with van der Waals surface area (Å²) in [6.07, 6.45) is 7.26. The molecule has 2 aliphatic carbocycles. The van der Waals surface area contributed by atoms with E-state index in [0.717, 1.165) is 17.7 Å². The molecule has 2 aliphatic heterocycles. The van der Waals surface area contributed by atoms with Gasteiger partial charge in [-0.25, -0.2) is 9.29 Å². The van der Waals surface area contributed by atoms with E-state index in [1.165, 1.54) is 6.08 Å². The molecule has 7 heteroatoms. The maximum absolute atomic E-state index is 14.8. The summed E-state index contributed by atoms with van der Waals surface area (Å²) in [4.78, 5) is 40.4. The van der Waals surface area contributed by atoms with Crippen LogP contribution in [0.15, 0.2) is 34.4 Å². The summed E-state index contributed by atoms with van der Waals surface area (Å²) >= 11 is 0. The number of ether oxygens (including phenoxy) is 1. The first-order chi connectivity index (χ1) is 12.5. The standard InChI is InChI=1S/C19H17FN2O4/c1-2-7-21-8-9-26-17-14(21)10-13(15(20)16(17)23)22-18(24)11-5-3-4-6-12(11)19(22)25/h1,10,15H,3-9H2. The van der Waals surface area contributed by atoms with E-state index in [4.69, 9.17) is 11.2 Å². The molecule has 0 saturated heterocycles. The number of allylic oxidation sites excluding steroid dienone is 3. The number of terminal acetylenes is 1. The lowest BCUT2D eigenvalue weighted by Gasteiger charge is -2.35. The summed E-state index contributed by atoms with van der Waals surface area (Å²) in [6.45, 7) is 0.875. The van der Waals surface area contributed by atoms with Gasteiger partial charge in [-0.15, -0.1) is 6.42 Å². The summed E-state index contributed by atoms with van der Waals surface area (Å²) in [6, 6.07) is 0. The van der Waals surface area contributed by atoms with Crippen LogP contribution in [-0.2, 0) is 19.1 Å². The third-order valence-corrected chi connectivity index (χ3v) is 5.11. The summed E-state index contributed by atoms with van der Waals surface area (Å²) in [5, 5.41) is 0. The molecule has 0 aromatic heterocycles. The van der Waals surface area contributed by atoms with Crippen LogP contribution in [0, 0.1) is 12.3 Å². The van der Waals surface area contributed by atoms with Gasteiger partial charge in [-0.1, -0.05) is 5.92 Å². The number of alkyl halides is 1. The van der Waals surface area contributed by atoms with Crippen molar-refractivity contribution in [3.63, 3.8) is 0 Å². The van der Waals surface area contributed by atoms with Gasteiger partial charge < -0.3 is 9.64 Å². The Kier molecular flexibility index (Phi) is 3.91. The number of rotatable bonds is 2. The van der Waals surface area contributed by atoms with Gasteiger partial charge in [0.05, 0.1) is 24.5 Å². The molecule has 0 saturated carbocycles. The van der Waals surface area contributed by atoms with Crippen LogP contribution >= 0.6 is 0 Å². The molecule has 0 aromatic carbocycles. The quantitative estimate of drug-likeness (QED) is 0.550. The Morgan fingerprint density at radius 3 is 2.46 bits per heavy atom. The molecule has 0 aromatic rings. The predicted molar refractivity (Wildman–Crippen MR) is 88.7 cm³/mol. The van der Waals surface area contributed by atoms with Crippen LogP contribution in [0.4, 0.5) is 4.39 Å². The Bertz CT molecular complexity index is 833. The van der Waals surface area contributed by atoms with Crippen molar-refractivity contribution in [1.82, 2.24) is 9.80 Å². The van der Waals surface area contributed by atoms with Crippen LogP contribution in [0.25, 0.3) is 0 Å². The Morgan fingerprint density at radius 2 is 1.85 bits per heavy atom. The lowest BCUT2D eigenvalue weighted by Crippen LogP contribution is -2.44. The van der Waals surface area contributed by atoms with E-state index in [1.807, 2.05) is 0 Å². The molecule has 4 aliphatic rings. The average Bonchev–Trinajstić information content (AvgIpc) is 2.90. The second-order valence-electron chi connectivity index (χ2n) is 6.59. The highest BCUT2D eigenvalue weighted by atomic mass is 19.1. The summed E-state index contributed by atoms with van der Waals surface area (Å²) in [5.41, 5.74) is 0.975. The minimum absolute atomic E-state index is 0.0976. The minimum Gasteiger partial charge on any atom is -0.486 e. The van der Waals surface area contributed by atoms with Crippen LogP contribution in [0.3, 0.4) is 0 Å². The maximum atomic E-state index is 14.8. The van der Waals surface area contributed by atoms with Gasteiger partial charge in [-0.05, 0) is 31.8 Å². The minimum atomic E-state index is -2.12. The number of hydrogen-bond donors (Lipinski definition) is 0. The van der Waals surface area contributed by atoms with Crippen molar-refractivity contribution in [3.8, 4) is 12.3 Å². The molecule has 2 heterocycles. The Morgan fingerprint density at radius 1 is 1.19 bits per heavy atom. The van der Waals surface area contributed by atoms with Gasteiger partial charge in [0.25, 0.3) is 11.8 Å². The lowest BCUT2D eigenvalue weighted by molar-refractivity contribution is -0.136. The number of carbonyl (C=O) groups is 3. The fraction of sp³-hybridized carbons (Fsp3) is 0.421. The van der Waals surface area contributed by atoms with E-state index in [1.54, 1.807) is 4.90 Å². The van der Waals surface area contributed by atoms with E-state index < -0.39 is 23.8 Å². The fourth-order valence-corrected chi connectivity index (χ4v) is 3.84. The first kappa shape index (κ1) is 16.6. The highest BCUT2D eigenvalue weighted by Crippen LogP contribution is 2.38. The molecule has 0 bridgehead atoms. The molecule has 2 amide bonds. The number of Topliss-reactive ketones (excluding diaryl/α,β-unsaturated/α-hetero) is 1. The third-order valence-electron chi connectivity index (χ3n) is 5.11. The first-order valence-electron chi connectivity index (χ1n) is 8.60. The molecular weight excluding hydrogens is 339 g/mol. The van der Waals surface area contributed by atoms with E-state index in [2.05, 4.69) is 5.92 Å². The molecule has 0 radical (unpaired) electrons. The Labute approximate surface area is 149 Å². The SMILES string of the molecule is C#CCN1CCOC2=C1C=C(N1C(=O)C3=C(CCCC3)C1=O)C(F)C2=O. The van der Waals surface area contributed by atoms with Gasteiger partial charge in [-0.3, -0.25) is 14.4 Å². The molecular formula is C19H17FN2O4. The number of imide groups is 1. The number of carbonyl (C=O) groups excluding carboxylic acids is 3.